The lowest BCUT2D eigenvalue weighted by atomic mass is 10.4. The fourth-order valence-corrected chi connectivity index (χ4v) is 0.965. The minimum atomic E-state index is -0.462. The van der Waals surface area contributed by atoms with E-state index in [2.05, 4.69) is 15.2 Å². The average Bonchev–Trinajstić information content (AvgIpc) is 2.68. The van der Waals surface area contributed by atoms with Gasteiger partial charge in [-0.1, -0.05) is 86.6 Å². The van der Waals surface area contributed by atoms with Crippen molar-refractivity contribution < 1.29 is 19.1 Å². The molecule has 0 fully saturated rings. The molecule has 0 saturated carbocycles. The number of hydrogen-bond donors (Lipinski definition) is 1. The Morgan fingerprint density at radius 2 is 0.760 bits per heavy atom. The molecule has 0 spiro atoms. The monoisotopic (exact) mass is 349 g/mol. The third kappa shape index (κ3) is 33.9. The van der Waals surface area contributed by atoms with Gasteiger partial charge in [-0.05, 0) is 7.05 Å². The van der Waals surface area contributed by atoms with Gasteiger partial charge in [-0.3, -0.25) is 9.59 Å². The third-order valence-corrected chi connectivity index (χ3v) is 1.86. The molecule has 2 N–H and O–H groups in total. The Balaban J connectivity index is -0.000000268. The molecule has 0 amide bonds. The number of nitrogens with two attached hydrogens (primary N) is 1. The van der Waals surface area contributed by atoms with Crippen LogP contribution >= 0.6 is 0 Å². The molecule has 25 heavy (non-hydrogen) atoms. The summed E-state index contributed by atoms with van der Waals surface area (Å²) in [4.78, 5) is 20.0. The molecule has 2 aromatic rings. The molecule has 0 radical (unpaired) electrons. The molecule has 0 bridgehead atoms. The van der Waals surface area contributed by atoms with E-state index < -0.39 is 11.9 Å². The van der Waals surface area contributed by atoms with Crippen LogP contribution in [-0.4, -0.2) is 25.8 Å². The highest BCUT2D eigenvalue weighted by molar-refractivity contribution is 5.67. The Kier molecular flexibility index (Phi) is 28.6. The van der Waals surface area contributed by atoms with E-state index in [-0.39, 0.29) is 6.79 Å². The second kappa shape index (κ2) is 26.2. The standard InChI is InChI=1S/2C6H6.C5H8O4.C2H6.CH5N/c2*1-2-4-6-5-3-1;1-4(6)8-3-9-5(2)7;2*1-2/h2*1-6H;3H2,1-2H3;1-2H3;2H2,1H3. The lowest BCUT2D eigenvalue weighted by Gasteiger charge is -1.99. The zero-order valence-electron chi connectivity index (χ0n) is 15.8. The first-order valence-corrected chi connectivity index (χ1v) is 7.97. The summed E-state index contributed by atoms with van der Waals surface area (Å²) in [5.41, 5.74) is 4.50. The number of esters is 2. The minimum absolute atomic E-state index is 0.287. The summed E-state index contributed by atoms with van der Waals surface area (Å²) < 4.78 is 8.54. The van der Waals surface area contributed by atoms with Crippen molar-refractivity contribution in [2.75, 3.05) is 13.8 Å². The maximum atomic E-state index is 10.0. The number of hydrogen-bond acceptors (Lipinski definition) is 5. The van der Waals surface area contributed by atoms with Crippen molar-refractivity contribution in [3.63, 3.8) is 0 Å². The van der Waals surface area contributed by atoms with Crippen LogP contribution < -0.4 is 5.73 Å². The molecule has 0 atom stereocenters. The number of carbonyl (C=O) groups is 2. The van der Waals surface area contributed by atoms with E-state index in [4.69, 9.17) is 0 Å². The summed E-state index contributed by atoms with van der Waals surface area (Å²) in [5.74, 6) is -0.924. The predicted molar refractivity (Wildman–Crippen MR) is 103 cm³/mol. The summed E-state index contributed by atoms with van der Waals surface area (Å²) in [6.45, 7) is 6.19. The van der Waals surface area contributed by atoms with Gasteiger partial charge in [-0.15, -0.1) is 0 Å². The maximum absolute atomic E-state index is 10.0. The van der Waals surface area contributed by atoms with Crippen molar-refractivity contribution in [3.8, 4) is 0 Å². The third-order valence-electron chi connectivity index (χ3n) is 1.86. The lowest BCUT2D eigenvalue weighted by molar-refractivity contribution is -0.163. The normalized spacial score (nSPS) is 7.28. The van der Waals surface area contributed by atoms with Gasteiger partial charge in [0.1, 0.15) is 0 Å². The first-order chi connectivity index (χ1) is 12.1. The Bertz CT molecular complexity index is 377. The van der Waals surface area contributed by atoms with Crippen molar-refractivity contribution in [3.05, 3.63) is 72.8 Å². The molecule has 0 aliphatic carbocycles. The largest absolute Gasteiger partial charge is 0.428 e. The Morgan fingerprint density at radius 1 is 0.600 bits per heavy atom. The molecule has 0 saturated heterocycles. The van der Waals surface area contributed by atoms with Crippen molar-refractivity contribution in [1.82, 2.24) is 0 Å². The van der Waals surface area contributed by atoms with Crippen LogP contribution in [0, 0.1) is 0 Å². The van der Waals surface area contributed by atoms with Gasteiger partial charge in [-0.25, -0.2) is 0 Å². The SMILES string of the molecule is CC.CC(=O)OCOC(C)=O.CN.c1ccccc1.c1ccccc1. The fraction of sp³-hybridized carbons (Fsp3) is 0.300. The minimum Gasteiger partial charge on any atom is -0.428 e. The molecule has 5 heteroatoms. The van der Waals surface area contributed by atoms with Gasteiger partial charge >= 0.3 is 11.9 Å². The number of rotatable bonds is 2. The molecular formula is C20H31NO4. The highest BCUT2D eigenvalue weighted by Gasteiger charge is 1.93. The lowest BCUT2D eigenvalue weighted by Crippen LogP contribution is -2.07. The van der Waals surface area contributed by atoms with E-state index in [0.717, 1.165) is 0 Å². The zero-order chi connectivity index (χ0) is 19.8. The summed E-state index contributed by atoms with van der Waals surface area (Å²) >= 11 is 0. The topological polar surface area (TPSA) is 78.6 Å². The number of carbonyl (C=O) groups excluding carboxylic acids is 2. The van der Waals surface area contributed by atoms with Crippen LogP contribution in [0.25, 0.3) is 0 Å². The Labute approximate surface area is 151 Å². The summed E-state index contributed by atoms with van der Waals surface area (Å²) in [6.07, 6.45) is 0. The second-order valence-corrected chi connectivity index (χ2v) is 3.70. The second-order valence-electron chi connectivity index (χ2n) is 3.70. The number of ether oxygens (including phenoxy) is 2. The van der Waals surface area contributed by atoms with Gasteiger partial charge in [0.05, 0.1) is 0 Å². The molecule has 2 rings (SSSR count). The molecule has 2 aromatic carbocycles. The summed E-state index contributed by atoms with van der Waals surface area (Å²) in [5, 5.41) is 0. The van der Waals surface area contributed by atoms with Gasteiger partial charge in [0.15, 0.2) is 0 Å². The van der Waals surface area contributed by atoms with Crippen molar-refractivity contribution in [1.29, 1.82) is 0 Å². The molecule has 5 nitrogen and oxygen atoms in total. The zero-order valence-corrected chi connectivity index (χ0v) is 15.8. The van der Waals surface area contributed by atoms with Gasteiger partial charge in [-0.2, -0.15) is 0 Å². The molecule has 0 aliphatic rings. The van der Waals surface area contributed by atoms with Crippen LogP contribution in [0.15, 0.2) is 72.8 Å². The molecule has 0 unspecified atom stereocenters. The van der Waals surface area contributed by atoms with Crippen molar-refractivity contribution >= 4 is 11.9 Å². The quantitative estimate of drug-likeness (QED) is 0.654. The van der Waals surface area contributed by atoms with Crippen LogP contribution in [0.2, 0.25) is 0 Å². The van der Waals surface area contributed by atoms with Crippen LogP contribution in [0.1, 0.15) is 27.7 Å². The smallest absolute Gasteiger partial charge is 0.305 e. The van der Waals surface area contributed by atoms with E-state index in [1.807, 2.05) is 86.6 Å². The van der Waals surface area contributed by atoms with E-state index in [1.165, 1.54) is 20.9 Å². The Hall–Kier alpha value is -2.66. The van der Waals surface area contributed by atoms with Crippen molar-refractivity contribution in [2.45, 2.75) is 27.7 Å². The average molecular weight is 349 g/mol. The molecular weight excluding hydrogens is 318 g/mol. The first kappa shape index (κ1) is 27.2. The first-order valence-electron chi connectivity index (χ1n) is 7.97. The molecule has 0 aliphatic heterocycles. The molecule has 140 valence electrons. The van der Waals surface area contributed by atoms with E-state index in [9.17, 15) is 9.59 Å². The van der Waals surface area contributed by atoms with E-state index in [1.54, 1.807) is 0 Å². The van der Waals surface area contributed by atoms with E-state index >= 15 is 0 Å². The summed E-state index contributed by atoms with van der Waals surface area (Å²) in [7, 11) is 1.50. The predicted octanol–water partition coefficient (Wildman–Crippen LogP) is 4.04. The maximum Gasteiger partial charge on any atom is 0.305 e. The molecule has 0 heterocycles. The fourth-order valence-electron chi connectivity index (χ4n) is 0.965. The van der Waals surface area contributed by atoms with Crippen molar-refractivity contribution in [2.24, 2.45) is 5.73 Å². The van der Waals surface area contributed by atoms with Crippen LogP contribution in [0.3, 0.4) is 0 Å². The summed E-state index contributed by atoms with van der Waals surface area (Å²) in [6, 6.07) is 24.0. The molecule has 0 aromatic heterocycles. The highest BCUT2D eigenvalue weighted by Crippen LogP contribution is 1.80. The number of benzene rings is 2. The van der Waals surface area contributed by atoms with E-state index in [0.29, 0.717) is 0 Å². The highest BCUT2D eigenvalue weighted by atomic mass is 16.7. The van der Waals surface area contributed by atoms with Gasteiger partial charge in [0, 0.05) is 13.8 Å². The van der Waals surface area contributed by atoms with Crippen LogP contribution in [-0.2, 0) is 19.1 Å². The Morgan fingerprint density at radius 3 is 0.880 bits per heavy atom. The van der Waals surface area contributed by atoms with Crippen LogP contribution in [0.5, 0.6) is 0 Å². The van der Waals surface area contributed by atoms with Gasteiger partial charge in [0.25, 0.3) is 0 Å². The van der Waals surface area contributed by atoms with Crippen LogP contribution in [0.4, 0.5) is 0 Å². The van der Waals surface area contributed by atoms with Gasteiger partial charge < -0.3 is 15.2 Å². The van der Waals surface area contributed by atoms with Gasteiger partial charge in [0.2, 0.25) is 6.79 Å².